The Bertz CT molecular complexity index is 557. The summed E-state index contributed by atoms with van der Waals surface area (Å²) >= 11 is 1.41. The van der Waals surface area contributed by atoms with E-state index in [0.29, 0.717) is 17.5 Å². The van der Waals surface area contributed by atoms with Crippen LogP contribution in [0.1, 0.15) is 18.6 Å². The summed E-state index contributed by atoms with van der Waals surface area (Å²) in [6, 6.07) is 6.30. The third-order valence-electron chi connectivity index (χ3n) is 2.07. The number of carbonyl (C=O) groups excluding carboxylic acids is 1. The summed E-state index contributed by atoms with van der Waals surface area (Å²) in [5.74, 6) is 0.997. The minimum atomic E-state index is -0.273. The number of halogens is 1. The molecule has 0 spiro atoms. The first-order valence-corrected chi connectivity index (χ1v) is 6.31. The number of carbonyl (C=O) groups is 1. The van der Waals surface area contributed by atoms with Crippen LogP contribution < -0.4 is 0 Å². The zero-order chi connectivity index (χ0) is 13.0. The molecule has 0 bridgehead atoms. The molecular formula is C12H11FN2O2S. The summed E-state index contributed by atoms with van der Waals surface area (Å²) < 4.78 is 17.9. The molecule has 0 saturated carbocycles. The van der Waals surface area contributed by atoms with E-state index in [4.69, 9.17) is 4.52 Å². The van der Waals surface area contributed by atoms with E-state index in [9.17, 15) is 9.18 Å². The molecule has 94 valence electrons. The van der Waals surface area contributed by atoms with Crippen molar-refractivity contribution in [2.75, 3.05) is 0 Å². The number of nitrogens with zero attached hydrogens (tertiary/aromatic N) is 2. The molecule has 0 N–H and O–H groups in total. The Balaban J connectivity index is 1.94. The van der Waals surface area contributed by atoms with E-state index in [2.05, 4.69) is 10.1 Å². The topological polar surface area (TPSA) is 56.0 Å². The van der Waals surface area contributed by atoms with E-state index in [1.165, 1.54) is 30.8 Å². The van der Waals surface area contributed by atoms with Gasteiger partial charge in [0.25, 0.3) is 0 Å². The summed E-state index contributed by atoms with van der Waals surface area (Å²) in [4.78, 5) is 15.7. The van der Waals surface area contributed by atoms with Crippen LogP contribution in [0.2, 0.25) is 0 Å². The van der Waals surface area contributed by atoms with Gasteiger partial charge in [-0.25, -0.2) is 4.39 Å². The molecule has 1 heterocycles. The van der Waals surface area contributed by atoms with Crippen LogP contribution >= 0.6 is 11.8 Å². The van der Waals surface area contributed by atoms with Crippen LogP contribution in [-0.2, 0) is 17.0 Å². The Labute approximate surface area is 108 Å². The fourth-order valence-electron chi connectivity index (χ4n) is 1.34. The maximum absolute atomic E-state index is 12.9. The number of benzene rings is 1. The van der Waals surface area contributed by atoms with Gasteiger partial charge >= 0.3 is 0 Å². The normalized spacial score (nSPS) is 10.6. The van der Waals surface area contributed by atoms with E-state index in [1.54, 1.807) is 6.07 Å². The number of aromatic nitrogens is 2. The Morgan fingerprint density at radius 3 is 3.06 bits per heavy atom. The van der Waals surface area contributed by atoms with E-state index in [0.717, 1.165) is 4.90 Å². The second-order valence-electron chi connectivity index (χ2n) is 3.73. The highest BCUT2D eigenvalue weighted by Crippen LogP contribution is 2.22. The van der Waals surface area contributed by atoms with E-state index in [-0.39, 0.29) is 18.0 Å². The van der Waals surface area contributed by atoms with Crippen LogP contribution in [0, 0.1) is 5.82 Å². The smallest absolute Gasteiger partial charge is 0.234 e. The van der Waals surface area contributed by atoms with Gasteiger partial charge in [0.05, 0.1) is 12.2 Å². The summed E-state index contributed by atoms with van der Waals surface area (Å²) in [6.45, 7) is 1.46. The highest BCUT2D eigenvalue weighted by atomic mass is 32.2. The molecule has 1 aromatic carbocycles. The minimum Gasteiger partial charge on any atom is -0.339 e. The molecule has 2 rings (SSSR count). The maximum Gasteiger partial charge on any atom is 0.234 e. The highest BCUT2D eigenvalue weighted by Gasteiger charge is 2.08. The first kappa shape index (κ1) is 12.8. The molecular weight excluding hydrogens is 255 g/mol. The van der Waals surface area contributed by atoms with Gasteiger partial charge in [-0.15, -0.1) is 11.8 Å². The average molecular weight is 266 g/mol. The first-order chi connectivity index (χ1) is 8.63. The Hall–Kier alpha value is -1.69. The highest BCUT2D eigenvalue weighted by molar-refractivity contribution is 7.98. The van der Waals surface area contributed by atoms with Crippen molar-refractivity contribution >= 4 is 17.5 Å². The fraction of sp³-hybridized carbons (Fsp3) is 0.250. The fourth-order valence-corrected chi connectivity index (χ4v) is 2.12. The van der Waals surface area contributed by atoms with Gasteiger partial charge in [-0.05, 0) is 25.1 Å². The van der Waals surface area contributed by atoms with Gasteiger partial charge in [0.15, 0.2) is 5.82 Å². The predicted molar refractivity (Wildman–Crippen MR) is 64.6 cm³/mol. The van der Waals surface area contributed by atoms with Gasteiger partial charge in [0, 0.05) is 4.90 Å². The molecule has 6 heteroatoms. The molecule has 0 aliphatic carbocycles. The molecule has 4 nitrogen and oxygen atoms in total. The van der Waals surface area contributed by atoms with Gasteiger partial charge in [0.2, 0.25) is 5.89 Å². The monoisotopic (exact) mass is 266 g/mol. The zero-order valence-electron chi connectivity index (χ0n) is 9.72. The lowest BCUT2D eigenvalue weighted by Gasteiger charge is -1.97. The second kappa shape index (κ2) is 5.77. The molecule has 0 aliphatic rings. The number of hydrogen-bond acceptors (Lipinski definition) is 5. The third-order valence-corrected chi connectivity index (χ3v) is 3.06. The molecule has 1 aromatic heterocycles. The van der Waals surface area contributed by atoms with E-state index in [1.807, 2.05) is 6.07 Å². The molecule has 0 amide bonds. The quantitative estimate of drug-likeness (QED) is 0.779. The number of hydrogen-bond donors (Lipinski definition) is 0. The summed E-state index contributed by atoms with van der Waals surface area (Å²) in [5, 5.41) is 3.75. The Kier molecular flexibility index (Phi) is 4.09. The Morgan fingerprint density at radius 2 is 2.33 bits per heavy atom. The van der Waals surface area contributed by atoms with Gasteiger partial charge in [-0.2, -0.15) is 4.98 Å². The molecule has 0 unspecified atom stereocenters. The van der Waals surface area contributed by atoms with Crippen LogP contribution in [0.3, 0.4) is 0 Å². The maximum atomic E-state index is 12.9. The lowest BCUT2D eigenvalue weighted by Crippen LogP contribution is -1.96. The van der Waals surface area contributed by atoms with Crippen LogP contribution in [0.4, 0.5) is 4.39 Å². The number of Topliss-reactive ketones (excluding diaryl/α,β-unsaturated/α-hetero) is 1. The van der Waals surface area contributed by atoms with Gasteiger partial charge < -0.3 is 4.52 Å². The zero-order valence-corrected chi connectivity index (χ0v) is 10.5. The molecule has 0 radical (unpaired) electrons. The molecule has 0 aliphatic heterocycles. The van der Waals surface area contributed by atoms with Crippen molar-refractivity contribution in [2.45, 2.75) is 24.0 Å². The molecule has 18 heavy (non-hydrogen) atoms. The summed E-state index contributed by atoms with van der Waals surface area (Å²) in [5.41, 5.74) is 0. The third kappa shape index (κ3) is 3.66. The Morgan fingerprint density at radius 1 is 1.50 bits per heavy atom. The van der Waals surface area contributed by atoms with Gasteiger partial charge in [0.1, 0.15) is 11.6 Å². The SMILES string of the molecule is CC(=O)Cc1nc(CSc2cccc(F)c2)no1. The molecule has 0 fully saturated rings. The molecule has 2 aromatic rings. The van der Waals surface area contributed by atoms with Crippen molar-refractivity contribution in [1.29, 1.82) is 0 Å². The standard InChI is InChI=1S/C12H11FN2O2S/c1-8(16)5-12-14-11(15-17-12)7-18-10-4-2-3-9(13)6-10/h2-4,6H,5,7H2,1H3. The van der Waals surface area contributed by atoms with Gasteiger partial charge in [-0.1, -0.05) is 11.2 Å². The number of rotatable bonds is 5. The number of thioether (sulfide) groups is 1. The van der Waals surface area contributed by atoms with Crippen LogP contribution in [0.25, 0.3) is 0 Å². The lowest BCUT2D eigenvalue weighted by molar-refractivity contribution is -0.116. The summed E-state index contributed by atoms with van der Waals surface area (Å²) in [6.07, 6.45) is 0.150. The minimum absolute atomic E-state index is 0.0250. The van der Waals surface area contributed by atoms with Crippen LogP contribution in [-0.4, -0.2) is 15.9 Å². The van der Waals surface area contributed by atoms with Crippen molar-refractivity contribution in [3.05, 3.63) is 41.8 Å². The van der Waals surface area contributed by atoms with E-state index >= 15 is 0 Å². The van der Waals surface area contributed by atoms with Crippen molar-refractivity contribution in [3.63, 3.8) is 0 Å². The van der Waals surface area contributed by atoms with E-state index < -0.39 is 0 Å². The number of ketones is 1. The predicted octanol–water partition coefficient (Wildman–Crippen LogP) is 2.63. The van der Waals surface area contributed by atoms with Crippen molar-refractivity contribution in [2.24, 2.45) is 0 Å². The largest absolute Gasteiger partial charge is 0.339 e. The van der Waals surface area contributed by atoms with Gasteiger partial charge in [-0.3, -0.25) is 4.79 Å². The molecule has 0 saturated heterocycles. The van der Waals surface area contributed by atoms with Crippen molar-refractivity contribution in [3.8, 4) is 0 Å². The lowest BCUT2D eigenvalue weighted by atomic mass is 10.3. The van der Waals surface area contributed by atoms with Crippen molar-refractivity contribution in [1.82, 2.24) is 10.1 Å². The first-order valence-electron chi connectivity index (χ1n) is 5.33. The van der Waals surface area contributed by atoms with Crippen LogP contribution in [0.15, 0.2) is 33.7 Å². The summed E-state index contributed by atoms with van der Waals surface area (Å²) in [7, 11) is 0. The average Bonchev–Trinajstić information content (AvgIpc) is 2.73. The second-order valence-corrected chi connectivity index (χ2v) is 4.78. The molecule has 0 atom stereocenters. The van der Waals surface area contributed by atoms with Crippen LogP contribution in [0.5, 0.6) is 0 Å². The van der Waals surface area contributed by atoms with Crippen molar-refractivity contribution < 1.29 is 13.7 Å².